The van der Waals surface area contributed by atoms with Crippen molar-refractivity contribution in [2.75, 3.05) is 36.6 Å². The van der Waals surface area contributed by atoms with Gasteiger partial charge < -0.3 is 26.4 Å². The van der Waals surface area contributed by atoms with E-state index in [1.807, 2.05) is 31.2 Å². The monoisotopic (exact) mass is 496 g/mol. The number of aromatic amines is 1. The van der Waals surface area contributed by atoms with Gasteiger partial charge in [-0.1, -0.05) is 0 Å². The number of hydrogen-bond donors (Lipinski definition) is 5. The summed E-state index contributed by atoms with van der Waals surface area (Å²) in [6.45, 7) is 2.83. The molecule has 0 unspecified atom stereocenters. The summed E-state index contributed by atoms with van der Waals surface area (Å²) in [5.41, 5.74) is 8.06. The third kappa shape index (κ3) is 6.70. The molecule has 0 bridgehead atoms. The SMILES string of the molecule is COCCCNC(=O)c1nc(Sc2ccc(NC(=O)C3CC3)cc2)nc(Nc2cc(C)[nH]n2)c1N. The topological polar surface area (TPSA) is 160 Å². The lowest BCUT2D eigenvalue weighted by molar-refractivity contribution is -0.117. The number of carbonyl (C=O) groups excluding carboxylic acids is 2. The Kier molecular flexibility index (Phi) is 7.83. The van der Waals surface area contributed by atoms with Crippen LogP contribution in [0.25, 0.3) is 0 Å². The number of benzene rings is 1. The van der Waals surface area contributed by atoms with Crippen molar-refractivity contribution in [1.82, 2.24) is 25.5 Å². The van der Waals surface area contributed by atoms with Gasteiger partial charge in [0.15, 0.2) is 22.5 Å². The highest BCUT2D eigenvalue weighted by atomic mass is 32.2. The number of nitrogens with one attached hydrogen (secondary N) is 4. The highest BCUT2D eigenvalue weighted by molar-refractivity contribution is 7.99. The molecule has 1 fully saturated rings. The van der Waals surface area contributed by atoms with E-state index < -0.39 is 5.91 Å². The molecule has 0 atom stereocenters. The van der Waals surface area contributed by atoms with Crippen molar-refractivity contribution in [3.05, 3.63) is 41.7 Å². The Balaban J connectivity index is 1.54. The first-order valence-corrected chi connectivity index (χ1v) is 12.1. The summed E-state index contributed by atoms with van der Waals surface area (Å²) in [4.78, 5) is 34.6. The molecule has 1 aliphatic carbocycles. The molecule has 11 nitrogen and oxygen atoms in total. The van der Waals surface area contributed by atoms with Crippen LogP contribution in [0.5, 0.6) is 0 Å². The molecule has 2 heterocycles. The summed E-state index contributed by atoms with van der Waals surface area (Å²) >= 11 is 1.28. The van der Waals surface area contributed by atoms with E-state index in [1.54, 1.807) is 13.2 Å². The van der Waals surface area contributed by atoms with Gasteiger partial charge in [-0.3, -0.25) is 14.7 Å². The third-order valence-corrected chi connectivity index (χ3v) is 6.06. The maximum absolute atomic E-state index is 12.8. The Labute approximate surface area is 207 Å². The fraction of sp³-hybridized carbons (Fsp3) is 0.348. The predicted molar refractivity (Wildman–Crippen MR) is 134 cm³/mol. The van der Waals surface area contributed by atoms with Crippen molar-refractivity contribution < 1.29 is 14.3 Å². The number of carbonyl (C=O) groups is 2. The van der Waals surface area contributed by atoms with Crippen LogP contribution in [-0.4, -0.2) is 52.2 Å². The van der Waals surface area contributed by atoms with Crippen molar-refractivity contribution in [2.45, 2.75) is 36.2 Å². The van der Waals surface area contributed by atoms with Gasteiger partial charge in [-0.2, -0.15) is 5.10 Å². The highest BCUT2D eigenvalue weighted by Crippen LogP contribution is 2.32. The van der Waals surface area contributed by atoms with Gasteiger partial charge in [0.2, 0.25) is 5.91 Å². The average molecular weight is 497 g/mol. The van der Waals surface area contributed by atoms with E-state index in [0.717, 1.165) is 29.1 Å². The smallest absolute Gasteiger partial charge is 0.272 e. The van der Waals surface area contributed by atoms with E-state index in [1.165, 1.54) is 11.8 Å². The molecular weight excluding hydrogens is 468 g/mol. The van der Waals surface area contributed by atoms with Crippen LogP contribution in [-0.2, 0) is 9.53 Å². The number of rotatable bonds is 11. The second kappa shape index (κ2) is 11.2. The van der Waals surface area contributed by atoms with E-state index in [2.05, 4.69) is 36.1 Å². The number of aryl methyl sites for hydroxylation is 1. The maximum atomic E-state index is 12.8. The van der Waals surface area contributed by atoms with E-state index in [0.29, 0.717) is 30.5 Å². The molecule has 0 spiro atoms. The lowest BCUT2D eigenvalue weighted by atomic mass is 10.3. The number of nitrogens with two attached hydrogens (primary N) is 1. The van der Waals surface area contributed by atoms with Crippen LogP contribution in [0.3, 0.4) is 0 Å². The highest BCUT2D eigenvalue weighted by Gasteiger charge is 2.29. The van der Waals surface area contributed by atoms with Gasteiger partial charge in [-0.05, 0) is 62.2 Å². The molecule has 1 saturated carbocycles. The minimum Gasteiger partial charge on any atom is -0.394 e. The molecule has 35 heavy (non-hydrogen) atoms. The Hall–Kier alpha value is -3.64. The number of aromatic nitrogens is 4. The molecule has 0 radical (unpaired) electrons. The van der Waals surface area contributed by atoms with Crippen LogP contribution in [0.2, 0.25) is 0 Å². The summed E-state index contributed by atoms with van der Waals surface area (Å²) in [6, 6.07) is 9.18. The molecule has 1 aliphatic rings. The Morgan fingerprint density at radius 3 is 2.66 bits per heavy atom. The second-order valence-electron chi connectivity index (χ2n) is 8.17. The fourth-order valence-corrected chi connectivity index (χ4v) is 3.93. The molecule has 0 aliphatic heterocycles. The summed E-state index contributed by atoms with van der Waals surface area (Å²) in [6.07, 6.45) is 2.56. The first-order valence-electron chi connectivity index (χ1n) is 11.3. The van der Waals surface area contributed by atoms with E-state index in [-0.39, 0.29) is 29.0 Å². The van der Waals surface area contributed by atoms with Gasteiger partial charge in [0.1, 0.15) is 5.69 Å². The van der Waals surface area contributed by atoms with Crippen LogP contribution in [0, 0.1) is 12.8 Å². The molecule has 2 aromatic heterocycles. The Morgan fingerprint density at radius 1 is 1.23 bits per heavy atom. The average Bonchev–Trinajstić information content (AvgIpc) is 3.62. The van der Waals surface area contributed by atoms with Crippen LogP contribution < -0.4 is 21.7 Å². The summed E-state index contributed by atoms with van der Waals surface area (Å²) < 4.78 is 5.02. The number of amides is 2. The lowest BCUT2D eigenvalue weighted by Crippen LogP contribution is -2.27. The normalized spacial score (nSPS) is 12.9. The van der Waals surface area contributed by atoms with E-state index >= 15 is 0 Å². The van der Waals surface area contributed by atoms with Gasteiger partial charge in [-0.25, -0.2) is 9.97 Å². The Morgan fingerprint density at radius 2 is 2.00 bits per heavy atom. The molecule has 4 rings (SSSR count). The number of nitrogen functional groups attached to an aromatic ring is 1. The van der Waals surface area contributed by atoms with Gasteiger partial charge in [0, 0.05) is 48.5 Å². The summed E-state index contributed by atoms with van der Waals surface area (Å²) in [5.74, 6) is 0.589. The number of nitrogens with zero attached hydrogens (tertiary/aromatic N) is 3. The van der Waals surface area contributed by atoms with Crippen LogP contribution in [0.4, 0.5) is 23.0 Å². The lowest BCUT2D eigenvalue weighted by Gasteiger charge is -2.13. The number of H-pyrrole nitrogens is 1. The van der Waals surface area contributed by atoms with Crippen LogP contribution in [0.15, 0.2) is 40.4 Å². The third-order valence-electron chi connectivity index (χ3n) is 5.18. The zero-order chi connectivity index (χ0) is 24.8. The maximum Gasteiger partial charge on any atom is 0.272 e. The van der Waals surface area contributed by atoms with Crippen LogP contribution >= 0.6 is 11.8 Å². The van der Waals surface area contributed by atoms with E-state index in [9.17, 15) is 9.59 Å². The fourth-order valence-electron chi connectivity index (χ4n) is 3.17. The number of methoxy groups -OCH3 is 1. The van der Waals surface area contributed by atoms with Gasteiger partial charge in [-0.15, -0.1) is 0 Å². The molecular formula is C23H28N8O3S. The first-order chi connectivity index (χ1) is 16.9. The molecule has 12 heteroatoms. The predicted octanol–water partition coefficient (Wildman–Crippen LogP) is 3.10. The van der Waals surface area contributed by atoms with Crippen molar-refractivity contribution in [3.8, 4) is 0 Å². The van der Waals surface area contributed by atoms with E-state index in [4.69, 9.17) is 10.5 Å². The molecule has 2 amide bonds. The van der Waals surface area contributed by atoms with Crippen molar-refractivity contribution in [1.29, 1.82) is 0 Å². The number of ether oxygens (including phenoxy) is 1. The quantitative estimate of drug-likeness (QED) is 0.198. The minimum absolute atomic E-state index is 0.0535. The second-order valence-corrected chi connectivity index (χ2v) is 9.21. The van der Waals surface area contributed by atoms with Crippen LogP contribution in [0.1, 0.15) is 35.4 Å². The molecule has 1 aromatic carbocycles. The summed E-state index contributed by atoms with van der Waals surface area (Å²) in [7, 11) is 1.61. The molecule has 0 saturated heterocycles. The minimum atomic E-state index is -0.401. The first kappa shape index (κ1) is 24.5. The van der Waals surface area contributed by atoms with Gasteiger partial charge >= 0.3 is 0 Å². The standard InChI is InChI=1S/C23H28N8O3S/c1-13-12-17(31-30-13)27-20-18(24)19(22(33)25-10-3-11-34-2)28-23(29-20)35-16-8-6-15(7-9-16)26-21(32)14-4-5-14/h6-9,12,14H,3-5,10-11,24H2,1-2H3,(H,25,33)(H,26,32)(H2,27,28,29,30,31). The zero-order valence-electron chi connectivity index (χ0n) is 19.6. The van der Waals surface area contributed by atoms with Crippen molar-refractivity contribution >= 4 is 46.6 Å². The molecule has 184 valence electrons. The van der Waals surface area contributed by atoms with Crippen molar-refractivity contribution in [3.63, 3.8) is 0 Å². The largest absolute Gasteiger partial charge is 0.394 e. The zero-order valence-corrected chi connectivity index (χ0v) is 20.4. The number of anilines is 4. The molecule has 3 aromatic rings. The molecule has 6 N–H and O–H groups in total. The van der Waals surface area contributed by atoms with Crippen molar-refractivity contribution in [2.24, 2.45) is 5.92 Å². The number of hydrogen-bond acceptors (Lipinski definition) is 9. The van der Waals surface area contributed by atoms with Gasteiger partial charge in [0.05, 0.1) is 0 Å². The Bertz CT molecular complexity index is 1190. The summed E-state index contributed by atoms with van der Waals surface area (Å²) in [5, 5.41) is 16.1. The van der Waals surface area contributed by atoms with Gasteiger partial charge in [0.25, 0.3) is 5.91 Å².